The summed E-state index contributed by atoms with van der Waals surface area (Å²) < 4.78 is 1.90. The molecule has 0 aromatic carbocycles. The first-order valence-electron chi connectivity index (χ1n) is 6.11. The fraction of sp³-hybridized carbons (Fsp3) is 0.615. The average Bonchev–Trinajstić information content (AvgIpc) is 2.77. The van der Waals surface area contributed by atoms with Crippen molar-refractivity contribution < 1.29 is 0 Å². The third kappa shape index (κ3) is 2.19. The van der Waals surface area contributed by atoms with Crippen molar-refractivity contribution in [2.45, 2.75) is 45.7 Å². The predicted octanol–water partition coefficient (Wildman–Crippen LogP) is 1.81. The molecule has 1 heterocycles. The van der Waals surface area contributed by atoms with Crippen LogP contribution in [0.5, 0.6) is 0 Å². The highest BCUT2D eigenvalue weighted by molar-refractivity contribution is 5.15. The normalized spacial score (nSPS) is 16.9. The molecule has 0 aliphatic heterocycles. The number of hydrogen-bond acceptors (Lipinski definition) is 2. The van der Waals surface area contributed by atoms with Crippen LogP contribution in [-0.2, 0) is 13.1 Å². The Bertz CT molecular complexity index is 416. The number of rotatable bonds is 3. The molecule has 0 radical (unpaired) electrons. The van der Waals surface area contributed by atoms with Crippen molar-refractivity contribution in [2.75, 3.05) is 0 Å². The molecule has 1 aromatic rings. The molecule has 2 rings (SSSR count). The average molecular weight is 220 g/mol. The Morgan fingerprint density at radius 3 is 2.69 bits per heavy atom. The van der Waals surface area contributed by atoms with E-state index in [9.17, 15) is 4.79 Å². The first-order valence-corrected chi connectivity index (χ1v) is 6.11. The van der Waals surface area contributed by atoms with Crippen molar-refractivity contribution in [3.8, 4) is 0 Å². The van der Waals surface area contributed by atoms with E-state index in [4.69, 9.17) is 5.73 Å². The van der Waals surface area contributed by atoms with Crippen LogP contribution in [0.15, 0.2) is 16.9 Å². The number of pyridine rings is 1. The van der Waals surface area contributed by atoms with Gasteiger partial charge in [0.05, 0.1) is 0 Å². The minimum Gasteiger partial charge on any atom is -0.326 e. The van der Waals surface area contributed by atoms with Crippen LogP contribution >= 0.6 is 0 Å². The van der Waals surface area contributed by atoms with Gasteiger partial charge in [0.1, 0.15) is 0 Å². The summed E-state index contributed by atoms with van der Waals surface area (Å²) >= 11 is 0. The zero-order chi connectivity index (χ0) is 11.5. The van der Waals surface area contributed by atoms with Gasteiger partial charge in [0.25, 0.3) is 5.56 Å². The zero-order valence-electron chi connectivity index (χ0n) is 9.91. The molecule has 88 valence electrons. The van der Waals surface area contributed by atoms with Crippen molar-refractivity contribution in [1.82, 2.24) is 4.57 Å². The largest absolute Gasteiger partial charge is 0.326 e. The summed E-state index contributed by atoms with van der Waals surface area (Å²) in [5.41, 5.74) is 7.45. The van der Waals surface area contributed by atoms with Gasteiger partial charge in [0.2, 0.25) is 0 Å². The molecule has 1 aromatic heterocycles. The summed E-state index contributed by atoms with van der Waals surface area (Å²) in [6.07, 6.45) is 5.15. The molecule has 1 aliphatic rings. The van der Waals surface area contributed by atoms with E-state index in [1.54, 1.807) is 0 Å². The third-order valence-corrected chi connectivity index (χ3v) is 3.61. The fourth-order valence-electron chi connectivity index (χ4n) is 2.55. The molecular weight excluding hydrogens is 200 g/mol. The van der Waals surface area contributed by atoms with Crippen LogP contribution in [0.25, 0.3) is 0 Å². The minimum atomic E-state index is 0.106. The van der Waals surface area contributed by atoms with Crippen molar-refractivity contribution in [3.05, 3.63) is 33.7 Å². The van der Waals surface area contributed by atoms with E-state index in [0.29, 0.717) is 12.5 Å². The number of nitrogens with zero attached hydrogens (tertiary/aromatic N) is 1. The van der Waals surface area contributed by atoms with E-state index in [1.807, 2.05) is 23.6 Å². The van der Waals surface area contributed by atoms with Crippen LogP contribution in [0.3, 0.4) is 0 Å². The molecule has 0 unspecified atom stereocenters. The second-order valence-electron chi connectivity index (χ2n) is 4.77. The Kier molecular flexibility index (Phi) is 3.44. The second-order valence-corrected chi connectivity index (χ2v) is 4.77. The minimum absolute atomic E-state index is 0.106. The second kappa shape index (κ2) is 4.83. The maximum absolute atomic E-state index is 12.1. The quantitative estimate of drug-likeness (QED) is 0.844. The van der Waals surface area contributed by atoms with Crippen LogP contribution in [0.2, 0.25) is 0 Å². The molecule has 3 nitrogen and oxygen atoms in total. The van der Waals surface area contributed by atoms with Gasteiger partial charge < -0.3 is 10.3 Å². The molecule has 2 N–H and O–H groups in total. The van der Waals surface area contributed by atoms with Crippen molar-refractivity contribution in [2.24, 2.45) is 11.7 Å². The maximum atomic E-state index is 12.1. The molecule has 3 heteroatoms. The van der Waals surface area contributed by atoms with Crippen molar-refractivity contribution >= 4 is 0 Å². The maximum Gasteiger partial charge on any atom is 0.255 e. The smallest absolute Gasteiger partial charge is 0.255 e. The van der Waals surface area contributed by atoms with E-state index in [1.165, 1.54) is 25.7 Å². The third-order valence-electron chi connectivity index (χ3n) is 3.61. The number of hydrogen-bond donors (Lipinski definition) is 1. The van der Waals surface area contributed by atoms with Gasteiger partial charge in [-0.25, -0.2) is 0 Å². The Hall–Kier alpha value is -1.09. The topological polar surface area (TPSA) is 48.0 Å². The van der Waals surface area contributed by atoms with Crippen LogP contribution in [0.4, 0.5) is 0 Å². The van der Waals surface area contributed by atoms with Crippen LogP contribution in [0.1, 0.15) is 36.9 Å². The zero-order valence-corrected chi connectivity index (χ0v) is 9.91. The number of aromatic nitrogens is 1. The summed E-state index contributed by atoms with van der Waals surface area (Å²) in [4.78, 5) is 12.1. The fourth-order valence-corrected chi connectivity index (χ4v) is 2.55. The molecule has 16 heavy (non-hydrogen) atoms. The van der Waals surface area contributed by atoms with Crippen LogP contribution < -0.4 is 11.3 Å². The van der Waals surface area contributed by atoms with Gasteiger partial charge in [0.15, 0.2) is 0 Å². The summed E-state index contributed by atoms with van der Waals surface area (Å²) in [7, 11) is 0. The predicted molar refractivity (Wildman–Crippen MR) is 65.3 cm³/mol. The highest BCUT2D eigenvalue weighted by Crippen LogP contribution is 2.26. The van der Waals surface area contributed by atoms with Gasteiger partial charge in [-0.15, -0.1) is 0 Å². The first-order chi connectivity index (χ1) is 7.72. The molecular formula is C13H20N2O. The SMILES string of the molecule is Cc1ccc(CN)c(=O)n1CC1CCCC1. The molecule has 0 amide bonds. The lowest BCUT2D eigenvalue weighted by Crippen LogP contribution is -2.29. The number of aryl methyl sites for hydroxylation is 1. The Morgan fingerprint density at radius 1 is 1.38 bits per heavy atom. The lowest BCUT2D eigenvalue weighted by atomic mass is 10.1. The van der Waals surface area contributed by atoms with Gasteiger partial charge in [-0.05, 0) is 31.7 Å². The summed E-state index contributed by atoms with van der Waals surface area (Å²) in [5, 5.41) is 0. The molecule has 0 saturated heterocycles. The molecule has 1 fully saturated rings. The standard InChI is InChI=1S/C13H20N2O/c1-10-6-7-12(8-14)13(16)15(10)9-11-4-2-3-5-11/h6-7,11H,2-5,8-9,14H2,1H3. The number of nitrogens with two attached hydrogens (primary N) is 1. The van der Waals surface area contributed by atoms with Gasteiger partial charge in [-0.3, -0.25) is 4.79 Å². The van der Waals surface area contributed by atoms with E-state index < -0.39 is 0 Å². The Balaban J connectivity index is 2.27. The molecule has 0 atom stereocenters. The molecule has 0 spiro atoms. The summed E-state index contributed by atoms with van der Waals surface area (Å²) in [6, 6.07) is 3.85. The van der Waals surface area contributed by atoms with Crippen molar-refractivity contribution in [3.63, 3.8) is 0 Å². The van der Waals surface area contributed by atoms with E-state index in [0.717, 1.165) is 17.8 Å². The van der Waals surface area contributed by atoms with E-state index >= 15 is 0 Å². The van der Waals surface area contributed by atoms with Crippen molar-refractivity contribution in [1.29, 1.82) is 0 Å². The van der Waals surface area contributed by atoms with Crippen LogP contribution in [0, 0.1) is 12.8 Å². The van der Waals surface area contributed by atoms with Gasteiger partial charge in [0, 0.05) is 24.3 Å². The van der Waals surface area contributed by atoms with E-state index in [2.05, 4.69) is 0 Å². The lowest BCUT2D eigenvalue weighted by molar-refractivity contribution is 0.441. The highest BCUT2D eigenvalue weighted by Gasteiger charge is 2.17. The highest BCUT2D eigenvalue weighted by atomic mass is 16.1. The molecule has 0 bridgehead atoms. The van der Waals surface area contributed by atoms with E-state index in [-0.39, 0.29) is 5.56 Å². The van der Waals surface area contributed by atoms with Gasteiger partial charge >= 0.3 is 0 Å². The Morgan fingerprint density at radius 2 is 2.06 bits per heavy atom. The van der Waals surface area contributed by atoms with Gasteiger partial charge in [-0.2, -0.15) is 0 Å². The van der Waals surface area contributed by atoms with Crippen LogP contribution in [-0.4, -0.2) is 4.57 Å². The lowest BCUT2D eigenvalue weighted by Gasteiger charge is -2.15. The van der Waals surface area contributed by atoms with Gasteiger partial charge in [-0.1, -0.05) is 18.9 Å². The summed E-state index contributed by atoms with van der Waals surface area (Å²) in [5.74, 6) is 0.685. The Labute approximate surface area is 96.3 Å². The first kappa shape index (κ1) is 11.4. The molecule has 1 aliphatic carbocycles. The molecule has 1 saturated carbocycles. The summed E-state index contributed by atoms with van der Waals surface area (Å²) in [6.45, 7) is 3.21. The monoisotopic (exact) mass is 220 g/mol.